The molecule has 0 saturated heterocycles. The van der Waals surface area contributed by atoms with Crippen LogP contribution in [0.5, 0.6) is 0 Å². The molecule has 6 heteroatoms. The number of benzene rings is 2. The van der Waals surface area contributed by atoms with Crippen LogP contribution in [0.15, 0.2) is 54.9 Å². The second-order valence-electron chi connectivity index (χ2n) is 7.66. The van der Waals surface area contributed by atoms with E-state index >= 15 is 0 Å². The highest BCUT2D eigenvalue weighted by atomic mass is 35.5. The van der Waals surface area contributed by atoms with Crippen LogP contribution < -0.4 is 10.6 Å². The number of nitrogens with one attached hydrogen (secondary N) is 2. The maximum absolute atomic E-state index is 12.4. The van der Waals surface area contributed by atoms with Crippen molar-refractivity contribution in [2.45, 2.75) is 33.1 Å². The number of carbonyl (C=O) groups is 1. The van der Waals surface area contributed by atoms with Gasteiger partial charge in [0, 0.05) is 28.8 Å². The topological polar surface area (TPSA) is 66.9 Å². The van der Waals surface area contributed by atoms with Crippen molar-refractivity contribution in [3.63, 3.8) is 0 Å². The Morgan fingerprint density at radius 2 is 1.64 bits per heavy atom. The van der Waals surface area contributed by atoms with Gasteiger partial charge in [0.1, 0.15) is 0 Å². The summed E-state index contributed by atoms with van der Waals surface area (Å²) in [5.41, 5.74) is 4.24. The van der Waals surface area contributed by atoms with Crippen molar-refractivity contribution in [3.05, 3.63) is 76.6 Å². The van der Waals surface area contributed by atoms with Crippen molar-refractivity contribution >= 4 is 34.8 Å². The molecule has 0 aliphatic carbocycles. The molecule has 1 heterocycles. The van der Waals surface area contributed by atoms with E-state index in [0.717, 1.165) is 16.9 Å². The first-order valence-electron chi connectivity index (χ1n) is 8.99. The van der Waals surface area contributed by atoms with Gasteiger partial charge < -0.3 is 10.6 Å². The van der Waals surface area contributed by atoms with Crippen LogP contribution in [0.1, 0.15) is 42.3 Å². The first-order valence-corrected chi connectivity index (χ1v) is 9.37. The standard InChI is InChI=1S/C22H23ClN4O/c1-14-5-8-17(23)11-19(14)27-21-24-12-15(13-25-21)20(28)26-18-9-6-16(7-10-18)22(2,3)4/h5-13H,1-4H3,(H,26,28)(H,24,25,27). The Morgan fingerprint density at radius 1 is 1.00 bits per heavy atom. The summed E-state index contributed by atoms with van der Waals surface area (Å²) in [6.07, 6.45) is 2.99. The quantitative estimate of drug-likeness (QED) is 0.592. The summed E-state index contributed by atoms with van der Waals surface area (Å²) in [7, 11) is 0. The Balaban J connectivity index is 1.67. The Morgan fingerprint density at radius 3 is 2.25 bits per heavy atom. The molecule has 0 bridgehead atoms. The molecule has 0 radical (unpaired) electrons. The van der Waals surface area contributed by atoms with Crippen molar-refractivity contribution in [3.8, 4) is 0 Å². The summed E-state index contributed by atoms with van der Waals surface area (Å²) in [4.78, 5) is 20.9. The molecular formula is C22H23ClN4O. The summed E-state index contributed by atoms with van der Waals surface area (Å²) in [6, 6.07) is 13.4. The third-order valence-corrected chi connectivity index (χ3v) is 4.60. The highest BCUT2D eigenvalue weighted by Gasteiger charge is 2.14. The smallest absolute Gasteiger partial charge is 0.258 e. The Hall–Kier alpha value is -2.92. The predicted molar refractivity (Wildman–Crippen MR) is 115 cm³/mol. The molecule has 0 aliphatic rings. The number of rotatable bonds is 4. The number of aromatic nitrogens is 2. The van der Waals surface area contributed by atoms with Crippen LogP contribution in [0.4, 0.5) is 17.3 Å². The molecule has 0 aliphatic heterocycles. The van der Waals surface area contributed by atoms with Crippen LogP contribution in [0.25, 0.3) is 0 Å². The molecule has 3 rings (SSSR count). The Labute approximate surface area is 170 Å². The van der Waals surface area contributed by atoms with Gasteiger partial charge in [-0.25, -0.2) is 9.97 Å². The van der Waals surface area contributed by atoms with Gasteiger partial charge >= 0.3 is 0 Å². The maximum atomic E-state index is 12.4. The average molecular weight is 395 g/mol. The highest BCUT2D eigenvalue weighted by Crippen LogP contribution is 2.24. The normalized spacial score (nSPS) is 11.2. The van der Waals surface area contributed by atoms with Crippen molar-refractivity contribution in [2.24, 2.45) is 0 Å². The number of hydrogen-bond acceptors (Lipinski definition) is 4. The second kappa shape index (κ2) is 7.98. The van der Waals surface area contributed by atoms with Crippen LogP contribution >= 0.6 is 11.6 Å². The largest absolute Gasteiger partial charge is 0.324 e. The number of halogens is 1. The Bertz CT molecular complexity index is 977. The number of aryl methyl sites for hydroxylation is 1. The molecular weight excluding hydrogens is 372 g/mol. The zero-order chi connectivity index (χ0) is 20.3. The van der Waals surface area contributed by atoms with Gasteiger partial charge in [-0.15, -0.1) is 0 Å². The average Bonchev–Trinajstić information content (AvgIpc) is 2.65. The SMILES string of the molecule is Cc1ccc(Cl)cc1Nc1ncc(C(=O)Nc2ccc(C(C)(C)C)cc2)cn1. The number of carbonyl (C=O) groups excluding carboxylic acids is 1. The molecule has 0 fully saturated rings. The first-order chi connectivity index (χ1) is 13.2. The fourth-order valence-corrected chi connectivity index (χ4v) is 2.79. The molecule has 0 spiro atoms. The van der Waals surface area contributed by atoms with Crippen molar-refractivity contribution in [1.29, 1.82) is 0 Å². The maximum Gasteiger partial charge on any atom is 0.258 e. The van der Waals surface area contributed by atoms with E-state index in [4.69, 9.17) is 11.6 Å². The van der Waals surface area contributed by atoms with Gasteiger partial charge in [0.2, 0.25) is 5.95 Å². The number of anilines is 3. The van der Waals surface area contributed by atoms with E-state index in [1.54, 1.807) is 0 Å². The lowest BCUT2D eigenvalue weighted by molar-refractivity contribution is 0.102. The van der Waals surface area contributed by atoms with Crippen molar-refractivity contribution in [1.82, 2.24) is 9.97 Å². The van der Waals surface area contributed by atoms with E-state index in [0.29, 0.717) is 16.5 Å². The minimum absolute atomic E-state index is 0.0700. The van der Waals surface area contributed by atoms with Crippen LogP contribution in [0.2, 0.25) is 5.02 Å². The molecule has 5 nitrogen and oxygen atoms in total. The minimum Gasteiger partial charge on any atom is -0.324 e. The minimum atomic E-state index is -0.256. The number of amides is 1. The predicted octanol–water partition coefficient (Wildman–Crippen LogP) is 5.73. The molecule has 28 heavy (non-hydrogen) atoms. The number of nitrogens with zero attached hydrogens (tertiary/aromatic N) is 2. The summed E-state index contributed by atoms with van der Waals surface area (Å²) < 4.78 is 0. The van der Waals surface area contributed by atoms with E-state index < -0.39 is 0 Å². The van der Waals surface area contributed by atoms with Gasteiger partial charge in [-0.05, 0) is 47.7 Å². The fourth-order valence-electron chi connectivity index (χ4n) is 2.62. The van der Waals surface area contributed by atoms with E-state index in [-0.39, 0.29) is 11.3 Å². The van der Waals surface area contributed by atoms with E-state index in [1.165, 1.54) is 18.0 Å². The monoisotopic (exact) mass is 394 g/mol. The van der Waals surface area contributed by atoms with Crippen molar-refractivity contribution in [2.75, 3.05) is 10.6 Å². The molecule has 0 saturated carbocycles. The van der Waals surface area contributed by atoms with Gasteiger partial charge in [0.25, 0.3) is 5.91 Å². The van der Waals surface area contributed by atoms with Gasteiger partial charge in [0.15, 0.2) is 0 Å². The summed E-state index contributed by atoms with van der Waals surface area (Å²) in [6.45, 7) is 8.42. The molecule has 1 amide bonds. The zero-order valence-corrected chi connectivity index (χ0v) is 17.1. The number of hydrogen-bond donors (Lipinski definition) is 2. The van der Waals surface area contributed by atoms with E-state index in [9.17, 15) is 4.79 Å². The van der Waals surface area contributed by atoms with Crippen LogP contribution in [-0.2, 0) is 5.41 Å². The third kappa shape index (κ3) is 4.87. The van der Waals surface area contributed by atoms with Gasteiger partial charge in [0.05, 0.1) is 5.56 Å². The lowest BCUT2D eigenvalue weighted by Crippen LogP contribution is -2.14. The van der Waals surface area contributed by atoms with Crippen LogP contribution in [0.3, 0.4) is 0 Å². The molecule has 144 valence electrons. The highest BCUT2D eigenvalue weighted by molar-refractivity contribution is 6.30. The molecule has 0 atom stereocenters. The zero-order valence-electron chi connectivity index (χ0n) is 16.4. The summed E-state index contributed by atoms with van der Waals surface area (Å²) >= 11 is 6.03. The molecule has 1 aromatic heterocycles. The fraction of sp³-hybridized carbons (Fsp3) is 0.227. The van der Waals surface area contributed by atoms with Crippen LogP contribution in [-0.4, -0.2) is 15.9 Å². The van der Waals surface area contributed by atoms with E-state index in [2.05, 4.69) is 41.4 Å². The lowest BCUT2D eigenvalue weighted by Gasteiger charge is -2.19. The first kappa shape index (κ1) is 19.8. The summed E-state index contributed by atoms with van der Waals surface area (Å²) in [5.74, 6) is 0.144. The third-order valence-electron chi connectivity index (χ3n) is 4.37. The van der Waals surface area contributed by atoms with Crippen LogP contribution in [0, 0.1) is 6.92 Å². The lowest BCUT2D eigenvalue weighted by atomic mass is 9.87. The molecule has 3 aromatic rings. The van der Waals surface area contributed by atoms with Gasteiger partial charge in [-0.1, -0.05) is 50.6 Å². The van der Waals surface area contributed by atoms with E-state index in [1.807, 2.05) is 49.4 Å². The van der Waals surface area contributed by atoms with Gasteiger partial charge in [-0.3, -0.25) is 4.79 Å². The Kier molecular flexibility index (Phi) is 5.66. The second-order valence-corrected chi connectivity index (χ2v) is 8.10. The molecule has 2 N–H and O–H groups in total. The molecule has 2 aromatic carbocycles. The summed E-state index contributed by atoms with van der Waals surface area (Å²) in [5, 5.41) is 6.60. The molecule has 0 unspecified atom stereocenters. The van der Waals surface area contributed by atoms with Gasteiger partial charge in [-0.2, -0.15) is 0 Å². The van der Waals surface area contributed by atoms with Crippen molar-refractivity contribution < 1.29 is 4.79 Å².